The molecular weight excluding hydrogens is 275 g/mol. The first kappa shape index (κ1) is 12.1. The van der Waals surface area contributed by atoms with Crippen LogP contribution in [0.15, 0.2) is 18.2 Å². The molecule has 1 unspecified atom stereocenters. The molecule has 1 saturated carbocycles. The lowest BCUT2D eigenvalue weighted by molar-refractivity contribution is 0.0458. The number of hydrogen-bond acceptors (Lipinski definition) is 2. The molecule has 2 N–H and O–H groups in total. The summed E-state index contributed by atoms with van der Waals surface area (Å²) in [5.74, 6) is 0. The molecule has 1 spiro atoms. The molecule has 1 atom stereocenters. The third-order valence-electron chi connectivity index (χ3n) is 3.68. The van der Waals surface area contributed by atoms with E-state index in [1.165, 1.54) is 4.90 Å². The van der Waals surface area contributed by atoms with E-state index in [0.29, 0.717) is 15.7 Å². The Morgan fingerprint density at radius 3 is 2.33 bits per heavy atom. The first-order valence-corrected chi connectivity index (χ1v) is 6.53. The van der Waals surface area contributed by atoms with Crippen LogP contribution in [-0.4, -0.2) is 22.9 Å². The Morgan fingerprint density at radius 1 is 1.28 bits per heavy atom. The zero-order valence-electron chi connectivity index (χ0n) is 9.49. The topological polar surface area (TPSA) is 52.6 Å². The summed E-state index contributed by atoms with van der Waals surface area (Å²) in [6, 6.07) is 4.52. The summed E-state index contributed by atoms with van der Waals surface area (Å²) in [6.07, 6.45) is 1.74. The average molecular weight is 287 g/mol. The lowest BCUT2D eigenvalue weighted by Crippen LogP contribution is -2.55. The molecule has 2 amide bonds. The van der Waals surface area contributed by atoms with Crippen LogP contribution in [0.1, 0.15) is 19.3 Å². The molecule has 2 aliphatic rings. The Morgan fingerprint density at radius 2 is 1.89 bits per heavy atom. The minimum Gasteiger partial charge on any atom is -0.371 e. The van der Waals surface area contributed by atoms with Gasteiger partial charge in [-0.3, -0.25) is 4.90 Å². The number of anilines is 1. The van der Waals surface area contributed by atoms with Crippen molar-refractivity contribution in [2.24, 2.45) is 0 Å². The van der Waals surface area contributed by atoms with E-state index in [4.69, 9.17) is 23.2 Å². The van der Waals surface area contributed by atoms with Gasteiger partial charge >= 0.3 is 6.03 Å². The highest BCUT2D eigenvalue weighted by Gasteiger charge is 2.54. The zero-order valence-corrected chi connectivity index (χ0v) is 11.0. The van der Waals surface area contributed by atoms with Gasteiger partial charge in [0, 0.05) is 10.0 Å². The standard InChI is InChI=1S/C12H12Cl2N2O2/c13-7-4-8(14)6-9(5-7)16-10(17)12(2-1-3-12)15-11(16)18/h4-6,10,17H,1-3H2,(H,15,18). The average Bonchev–Trinajstić information content (AvgIpc) is 2.48. The molecule has 1 aliphatic carbocycles. The minimum absolute atomic E-state index is 0.305. The number of urea groups is 1. The van der Waals surface area contributed by atoms with Gasteiger partial charge in [-0.2, -0.15) is 0 Å². The predicted molar refractivity (Wildman–Crippen MR) is 70.1 cm³/mol. The van der Waals surface area contributed by atoms with Crippen molar-refractivity contribution in [1.29, 1.82) is 0 Å². The molecule has 0 aromatic heterocycles. The summed E-state index contributed by atoms with van der Waals surface area (Å²) in [7, 11) is 0. The highest BCUT2D eigenvalue weighted by molar-refractivity contribution is 6.35. The quantitative estimate of drug-likeness (QED) is 0.834. The summed E-state index contributed by atoms with van der Waals surface area (Å²) >= 11 is 11.8. The van der Waals surface area contributed by atoms with Crippen molar-refractivity contribution in [2.75, 3.05) is 4.90 Å². The largest absolute Gasteiger partial charge is 0.371 e. The van der Waals surface area contributed by atoms with Crippen molar-refractivity contribution in [2.45, 2.75) is 31.0 Å². The number of aliphatic hydroxyl groups excluding tert-OH is 1. The van der Waals surface area contributed by atoms with Crippen LogP contribution in [0.3, 0.4) is 0 Å². The van der Waals surface area contributed by atoms with Gasteiger partial charge in [0.25, 0.3) is 0 Å². The molecule has 4 nitrogen and oxygen atoms in total. The first-order chi connectivity index (χ1) is 8.52. The molecule has 1 aromatic rings. The van der Waals surface area contributed by atoms with Crippen LogP contribution >= 0.6 is 23.2 Å². The van der Waals surface area contributed by atoms with Crippen molar-refractivity contribution in [3.05, 3.63) is 28.2 Å². The Hall–Kier alpha value is -0.970. The van der Waals surface area contributed by atoms with Crippen LogP contribution in [-0.2, 0) is 0 Å². The molecule has 1 aliphatic heterocycles. The van der Waals surface area contributed by atoms with Gasteiger partial charge in [0.2, 0.25) is 0 Å². The third-order valence-corrected chi connectivity index (χ3v) is 4.12. The molecule has 1 heterocycles. The number of carbonyl (C=O) groups excluding carboxylic acids is 1. The molecule has 2 fully saturated rings. The van der Waals surface area contributed by atoms with E-state index in [1.807, 2.05) is 0 Å². The molecule has 18 heavy (non-hydrogen) atoms. The Bertz CT molecular complexity index is 497. The molecule has 0 radical (unpaired) electrons. The minimum atomic E-state index is -0.867. The van der Waals surface area contributed by atoms with Crippen molar-refractivity contribution >= 4 is 34.9 Å². The number of nitrogens with one attached hydrogen (secondary N) is 1. The number of aliphatic hydroxyl groups is 1. The predicted octanol–water partition coefficient (Wildman–Crippen LogP) is 2.76. The second-order valence-corrected chi connectivity index (χ2v) is 5.68. The molecule has 6 heteroatoms. The maximum atomic E-state index is 12.0. The fraction of sp³-hybridized carbons (Fsp3) is 0.417. The second kappa shape index (κ2) is 4.02. The summed E-state index contributed by atoms with van der Waals surface area (Å²) in [6.45, 7) is 0. The van der Waals surface area contributed by atoms with Crippen LogP contribution in [0.4, 0.5) is 10.5 Å². The van der Waals surface area contributed by atoms with Gasteiger partial charge in [0.05, 0.1) is 11.2 Å². The van der Waals surface area contributed by atoms with E-state index in [2.05, 4.69) is 5.32 Å². The summed E-state index contributed by atoms with van der Waals surface area (Å²) in [5, 5.41) is 14.1. The highest BCUT2D eigenvalue weighted by Crippen LogP contribution is 2.42. The number of amides is 2. The van der Waals surface area contributed by atoms with Gasteiger partial charge in [-0.05, 0) is 37.5 Å². The Balaban J connectivity index is 1.98. The van der Waals surface area contributed by atoms with Crippen molar-refractivity contribution in [3.63, 3.8) is 0 Å². The molecule has 0 bridgehead atoms. The normalized spacial score (nSPS) is 25.2. The van der Waals surface area contributed by atoms with Crippen LogP contribution in [0.5, 0.6) is 0 Å². The second-order valence-electron chi connectivity index (χ2n) is 4.81. The van der Waals surface area contributed by atoms with Gasteiger partial charge in [0.1, 0.15) is 0 Å². The maximum absolute atomic E-state index is 12.0. The summed E-state index contributed by atoms with van der Waals surface area (Å²) in [5.41, 5.74) is 0.0209. The monoisotopic (exact) mass is 286 g/mol. The fourth-order valence-corrected chi connectivity index (χ4v) is 3.09. The molecule has 96 valence electrons. The van der Waals surface area contributed by atoms with Gasteiger partial charge in [-0.1, -0.05) is 23.2 Å². The number of carbonyl (C=O) groups is 1. The van der Waals surface area contributed by atoms with Gasteiger partial charge in [0.15, 0.2) is 6.23 Å². The van der Waals surface area contributed by atoms with Crippen LogP contribution in [0.2, 0.25) is 10.0 Å². The zero-order chi connectivity index (χ0) is 12.9. The van der Waals surface area contributed by atoms with Crippen molar-refractivity contribution < 1.29 is 9.90 Å². The van der Waals surface area contributed by atoms with Gasteiger partial charge < -0.3 is 10.4 Å². The van der Waals surface area contributed by atoms with E-state index < -0.39 is 11.8 Å². The molecule has 1 aromatic carbocycles. The highest BCUT2D eigenvalue weighted by atomic mass is 35.5. The first-order valence-electron chi connectivity index (χ1n) is 5.77. The third kappa shape index (κ3) is 1.67. The van der Waals surface area contributed by atoms with Crippen LogP contribution < -0.4 is 10.2 Å². The number of benzene rings is 1. The van der Waals surface area contributed by atoms with E-state index in [1.54, 1.807) is 18.2 Å². The van der Waals surface area contributed by atoms with E-state index in [0.717, 1.165) is 19.3 Å². The van der Waals surface area contributed by atoms with Gasteiger partial charge in [-0.25, -0.2) is 4.79 Å². The van der Waals surface area contributed by atoms with Crippen LogP contribution in [0.25, 0.3) is 0 Å². The van der Waals surface area contributed by atoms with E-state index in [-0.39, 0.29) is 6.03 Å². The van der Waals surface area contributed by atoms with Crippen LogP contribution in [0, 0.1) is 0 Å². The number of rotatable bonds is 1. The smallest absolute Gasteiger partial charge is 0.324 e. The van der Waals surface area contributed by atoms with Crippen molar-refractivity contribution in [1.82, 2.24) is 5.32 Å². The molecular formula is C12H12Cl2N2O2. The lowest BCUT2D eigenvalue weighted by atomic mass is 9.76. The van der Waals surface area contributed by atoms with Gasteiger partial charge in [-0.15, -0.1) is 0 Å². The number of halogens is 2. The van der Waals surface area contributed by atoms with E-state index in [9.17, 15) is 9.90 Å². The van der Waals surface area contributed by atoms with E-state index >= 15 is 0 Å². The molecule has 1 saturated heterocycles. The number of hydrogen-bond donors (Lipinski definition) is 2. The molecule has 3 rings (SSSR count). The maximum Gasteiger partial charge on any atom is 0.324 e. The Kier molecular flexibility index (Phi) is 2.70. The summed E-state index contributed by atoms with van der Waals surface area (Å²) < 4.78 is 0. The Labute approximate surface area is 114 Å². The van der Waals surface area contributed by atoms with Crippen molar-refractivity contribution in [3.8, 4) is 0 Å². The SMILES string of the molecule is O=C1NC2(CCC2)C(O)N1c1cc(Cl)cc(Cl)c1. The lowest BCUT2D eigenvalue weighted by Gasteiger charge is -2.40. The fourth-order valence-electron chi connectivity index (χ4n) is 2.57. The number of nitrogens with zero attached hydrogens (tertiary/aromatic N) is 1. The summed E-state index contributed by atoms with van der Waals surface area (Å²) in [4.78, 5) is 13.3.